The molecule has 5 heteroatoms. The maximum absolute atomic E-state index is 5.71. The van der Waals surface area contributed by atoms with Crippen LogP contribution in [-0.2, 0) is 6.54 Å². The molecule has 0 aliphatic carbocycles. The van der Waals surface area contributed by atoms with Gasteiger partial charge in [0.15, 0.2) is 17.5 Å². The predicted molar refractivity (Wildman–Crippen MR) is 98.9 cm³/mol. The van der Waals surface area contributed by atoms with Gasteiger partial charge >= 0.3 is 0 Å². The Morgan fingerprint density at radius 2 is 2.12 bits per heavy atom. The van der Waals surface area contributed by atoms with Crippen LogP contribution in [0, 0.1) is 5.41 Å². The average molecular weight is 333 g/mol. The third kappa shape index (κ3) is 4.79. The number of nitrogens with zero attached hydrogens (tertiary/aromatic N) is 2. The summed E-state index contributed by atoms with van der Waals surface area (Å²) in [5, 5.41) is 3.46. The van der Waals surface area contributed by atoms with E-state index in [0.29, 0.717) is 18.6 Å². The zero-order valence-electron chi connectivity index (χ0n) is 15.7. The maximum Gasteiger partial charge on any atom is 0.193 e. The number of likely N-dealkylation sites (tertiary alicyclic amines) is 1. The molecule has 0 spiro atoms. The molecule has 1 N–H and O–H groups in total. The lowest BCUT2D eigenvalue weighted by Gasteiger charge is -2.23. The number of methoxy groups -OCH3 is 1. The first kappa shape index (κ1) is 18.4. The van der Waals surface area contributed by atoms with E-state index in [4.69, 9.17) is 9.47 Å². The molecule has 1 aromatic rings. The Balaban J connectivity index is 1.98. The molecule has 0 aromatic heterocycles. The molecule has 0 radical (unpaired) electrons. The Kier molecular flexibility index (Phi) is 6.35. The Bertz CT molecular complexity index is 570. The fraction of sp³-hybridized carbons (Fsp3) is 0.632. The third-order valence-corrected chi connectivity index (χ3v) is 4.33. The number of rotatable bonds is 6. The number of benzene rings is 1. The van der Waals surface area contributed by atoms with E-state index in [-0.39, 0.29) is 0 Å². The van der Waals surface area contributed by atoms with Gasteiger partial charge in [-0.1, -0.05) is 26.8 Å². The summed E-state index contributed by atoms with van der Waals surface area (Å²) in [4.78, 5) is 6.76. The van der Waals surface area contributed by atoms with Crippen molar-refractivity contribution in [2.75, 3.05) is 33.9 Å². The van der Waals surface area contributed by atoms with Crippen molar-refractivity contribution in [3.05, 3.63) is 23.8 Å². The second-order valence-electron chi connectivity index (χ2n) is 7.07. The van der Waals surface area contributed by atoms with Crippen LogP contribution in [-0.4, -0.2) is 44.7 Å². The molecule has 1 aliphatic rings. The lowest BCUT2D eigenvalue weighted by Crippen LogP contribution is -2.40. The third-order valence-electron chi connectivity index (χ3n) is 4.33. The lowest BCUT2D eigenvalue weighted by molar-refractivity contribution is 0.294. The van der Waals surface area contributed by atoms with Gasteiger partial charge in [-0.25, -0.2) is 0 Å². The summed E-state index contributed by atoms with van der Waals surface area (Å²) < 4.78 is 11.2. The van der Waals surface area contributed by atoms with Crippen LogP contribution < -0.4 is 14.8 Å². The zero-order valence-corrected chi connectivity index (χ0v) is 15.7. The van der Waals surface area contributed by atoms with Crippen molar-refractivity contribution in [1.29, 1.82) is 0 Å². The number of aliphatic imine (C=N–C) groups is 1. The van der Waals surface area contributed by atoms with Crippen LogP contribution in [0.25, 0.3) is 0 Å². The van der Waals surface area contributed by atoms with E-state index in [0.717, 1.165) is 42.5 Å². The van der Waals surface area contributed by atoms with E-state index in [9.17, 15) is 0 Å². The molecule has 1 fully saturated rings. The van der Waals surface area contributed by atoms with Gasteiger partial charge in [-0.15, -0.1) is 0 Å². The molecule has 1 aliphatic heterocycles. The Morgan fingerprint density at radius 3 is 2.71 bits per heavy atom. The van der Waals surface area contributed by atoms with Gasteiger partial charge in [-0.2, -0.15) is 0 Å². The molecule has 0 saturated carbocycles. The van der Waals surface area contributed by atoms with Crippen LogP contribution in [0.3, 0.4) is 0 Å². The van der Waals surface area contributed by atoms with Gasteiger partial charge in [-0.05, 0) is 36.0 Å². The van der Waals surface area contributed by atoms with E-state index in [2.05, 4.69) is 42.0 Å². The molecule has 1 heterocycles. The summed E-state index contributed by atoms with van der Waals surface area (Å²) >= 11 is 0. The molecule has 0 bridgehead atoms. The summed E-state index contributed by atoms with van der Waals surface area (Å²) in [6, 6.07) is 6.08. The fourth-order valence-corrected chi connectivity index (χ4v) is 2.96. The Morgan fingerprint density at radius 1 is 1.33 bits per heavy atom. The van der Waals surface area contributed by atoms with Crippen LogP contribution >= 0.6 is 0 Å². The first-order valence-corrected chi connectivity index (χ1v) is 8.74. The van der Waals surface area contributed by atoms with Gasteiger partial charge in [0.05, 0.1) is 13.7 Å². The van der Waals surface area contributed by atoms with Crippen molar-refractivity contribution in [2.45, 2.75) is 40.2 Å². The van der Waals surface area contributed by atoms with Crippen LogP contribution in [0.15, 0.2) is 23.2 Å². The van der Waals surface area contributed by atoms with Crippen LogP contribution in [0.1, 0.15) is 39.2 Å². The van der Waals surface area contributed by atoms with Crippen molar-refractivity contribution in [3.63, 3.8) is 0 Å². The summed E-state index contributed by atoms with van der Waals surface area (Å²) in [6.07, 6.45) is 2.18. The number of hydrogen-bond acceptors (Lipinski definition) is 3. The standard InChI is InChI=1S/C19H31N3O2/c1-6-11-24-16-8-7-15(12-17(16)23-5)13-21-18(20-4)22-10-9-19(2,3)14-22/h7-8,12H,6,9-11,13-14H2,1-5H3,(H,20,21). The molecular weight excluding hydrogens is 302 g/mol. The number of hydrogen-bond donors (Lipinski definition) is 1. The van der Waals surface area contributed by atoms with Gasteiger partial charge in [0.25, 0.3) is 0 Å². The number of ether oxygens (including phenoxy) is 2. The van der Waals surface area contributed by atoms with Gasteiger partial charge < -0.3 is 19.7 Å². The lowest BCUT2D eigenvalue weighted by atomic mass is 9.93. The van der Waals surface area contributed by atoms with Gasteiger partial charge in [0.2, 0.25) is 0 Å². The largest absolute Gasteiger partial charge is 0.493 e. The highest BCUT2D eigenvalue weighted by molar-refractivity contribution is 5.80. The van der Waals surface area contributed by atoms with Gasteiger partial charge in [0.1, 0.15) is 0 Å². The highest BCUT2D eigenvalue weighted by atomic mass is 16.5. The van der Waals surface area contributed by atoms with E-state index >= 15 is 0 Å². The van der Waals surface area contributed by atoms with Crippen molar-refractivity contribution < 1.29 is 9.47 Å². The molecule has 0 atom stereocenters. The van der Waals surface area contributed by atoms with Crippen molar-refractivity contribution in [3.8, 4) is 11.5 Å². The minimum absolute atomic E-state index is 0.360. The Hall–Kier alpha value is -1.91. The second-order valence-corrected chi connectivity index (χ2v) is 7.07. The molecule has 2 rings (SSSR count). The van der Waals surface area contributed by atoms with Crippen LogP contribution in [0.4, 0.5) is 0 Å². The fourth-order valence-electron chi connectivity index (χ4n) is 2.96. The first-order valence-electron chi connectivity index (χ1n) is 8.74. The quantitative estimate of drug-likeness (QED) is 0.641. The molecule has 0 amide bonds. The van der Waals surface area contributed by atoms with E-state index in [1.807, 2.05) is 19.2 Å². The van der Waals surface area contributed by atoms with Crippen molar-refractivity contribution in [2.24, 2.45) is 10.4 Å². The van der Waals surface area contributed by atoms with E-state index in [1.165, 1.54) is 6.42 Å². The van der Waals surface area contributed by atoms with E-state index < -0.39 is 0 Å². The molecule has 1 saturated heterocycles. The molecule has 24 heavy (non-hydrogen) atoms. The summed E-state index contributed by atoms with van der Waals surface area (Å²) in [7, 11) is 3.52. The minimum atomic E-state index is 0.360. The molecule has 5 nitrogen and oxygen atoms in total. The summed E-state index contributed by atoms with van der Waals surface area (Å²) in [6.45, 7) is 10.2. The van der Waals surface area contributed by atoms with Gasteiger partial charge in [0, 0.05) is 26.7 Å². The topological polar surface area (TPSA) is 46.1 Å². The van der Waals surface area contributed by atoms with Crippen molar-refractivity contribution >= 4 is 5.96 Å². The summed E-state index contributed by atoms with van der Waals surface area (Å²) in [5.74, 6) is 2.54. The van der Waals surface area contributed by atoms with E-state index in [1.54, 1.807) is 7.11 Å². The maximum atomic E-state index is 5.71. The molecule has 134 valence electrons. The number of nitrogens with one attached hydrogen (secondary N) is 1. The summed E-state index contributed by atoms with van der Waals surface area (Å²) in [5.41, 5.74) is 1.51. The smallest absolute Gasteiger partial charge is 0.193 e. The molecular formula is C19H31N3O2. The zero-order chi connectivity index (χ0) is 17.6. The van der Waals surface area contributed by atoms with Crippen molar-refractivity contribution in [1.82, 2.24) is 10.2 Å². The monoisotopic (exact) mass is 333 g/mol. The predicted octanol–water partition coefficient (Wildman–Crippen LogP) is 3.29. The van der Waals surface area contributed by atoms with Crippen LogP contribution in [0.5, 0.6) is 11.5 Å². The highest BCUT2D eigenvalue weighted by Crippen LogP contribution is 2.29. The number of guanidine groups is 1. The molecule has 0 unspecified atom stereocenters. The first-order chi connectivity index (χ1) is 11.5. The van der Waals surface area contributed by atoms with Crippen LogP contribution in [0.2, 0.25) is 0 Å². The SMILES string of the molecule is CCCOc1ccc(CNC(=NC)N2CCC(C)(C)C2)cc1OC. The van der Waals surface area contributed by atoms with Gasteiger partial charge in [-0.3, -0.25) is 4.99 Å². The average Bonchev–Trinajstić information content (AvgIpc) is 2.93. The second kappa shape index (κ2) is 8.27. The molecule has 1 aromatic carbocycles. The normalized spacial score (nSPS) is 17.0. The minimum Gasteiger partial charge on any atom is -0.493 e. The Labute approximate surface area is 146 Å². The highest BCUT2D eigenvalue weighted by Gasteiger charge is 2.30.